The standard InChI is InChI=1S/C30H36N6O3/c1-20(18-31)19-33-28-25-17-22(6-5-21(25)7-12-27(28)39-4)29-32-14-13-26(35-29)30(37)34-23-8-10-24(11-9-23)36(2)15-16-38-3/h5-7,12-14,17,23-24,33H,1,8-11,15-16,19H2,2-4H3,(H,34,37). The van der Waals surface area contributed by atoms with Gasteiger partial charge in [0.25, 0.3) is 5.91 Å². The van der Waals surface area contributed by atoms with Gasteiger partial charge in [-0.1, -0.05) is 24.8 Å². The van der Waals surface area contributed by atoms with Gasteiger partial charge in [-0.2, -0.15) is 5.26 Å². The molecule has 9 nitrogen and oxygen atoms in total. The summed E-state index contributed by atoms with van der Waals surface area (Å²) in [5, 5.41) is 17.4. The van der Waals surface area contributed by atoms with Crippen LogP contribution in [0.3, 0.4) is 0 Å². The lowest BCUT2D eigenvalue weighted by atomic mass is 9.90. The molecule has 1 aromatic heterocycles. The largest absolute Gasteiger partial charge is 0.495 e. The fraction of sp³-hybridized carbons (Fsp3) is 0.400. The minimum Gasteiger partial charge on any atom is -0.495 e. The Balaban J connectivity index is 1.49. The highest BCUT2D eigenvalue weighted by atomic mass is 16.5. The molecule has 2 N–H and O–H groups in total. The second-order valence-corrected chi connectivity index (χ2v) is 9.87. The zero-order valence-electron chi connectivity index (χ0n) is 22.9. The van der Waals surface area contributed by atoms with Crippen LogP contribution in [0.1, 0.15) is 36.2 Å². The van der Waals surface area contributed by atoms with E-state index in [9.17, 15) is 4.79 Å². The van der Waals surface area contributed by atoms with E-state index in [0.29, 0.717) is 35.4 Å². The van der Waals surface area contributed by atoms with Crippen LogP contribution in [0, 0.1) is 11.3 Å². The Labute approximate surface area is 229 Å². The predicted octanol–water partition coefficient (Wildman–Crippen LogP) is 4.42. The van der Waals surface area contributed by atoms with Gasteiger partial charge in [0.1, 0.15) is 11.4 Å². The average Bonchev–Trinajstić information content (AvgIpc) is 2.98. The number of nitrogens with zero attached hydrogens (tertiary/aromatic N) is 4. The number of aromatic nitrogens is 2. The fourth-order valence-corrected chi connectivity index (χ4v) is 4.99. The molecule has 2 aromatic carbocycles. The summed E-state index contributed by atoms with van der Waals surface area (Å²) in [5.74, 6) is 0.928. The van der Waals surface area contributed by atoms with Gasteiger partial charge >= 0.3 is 0 Å². The highest BCUT2D eigenvalue weighted by molar-refractivity contribution is 5.99. The second-order valence-electron chi connectivity index (χ2n) is 9.87. The van der Waals surface area contributed by atoms with Crippen LogP contribution in [-0.2, 0) is 4.74 Å². The van der Waals surface area contributed by atoms with E-state index in [0.717, 1.165) is 60.9 Å². The SMILES string of the molecule is C=C(C#N)CNc1c(OC)ccc2ccc(-c3nccc(C(=O)NC4CCC(N(C)CCOC)CC4)n3)cc12. The first kappa shape index (κ1) is 28.0. The van der Waals surface area contributed by atoms with Gasteiger partial charge in [0.05, 0.1) is 25.5 Å². The summed E-state index contributed by atoms with van der Waals surface area (Å²) in [5.41, 5.74) is 2.28. The van der Waals surface area contributed by atoms with E-state index in [1.807, 2.05) is 30.3 Å². The normalized spacial score (nSPS) is 17.0. The summed E-state index contributed by atoms with van der Waals surface area (Å²) >= 11 is 0. The maximum absolute atomic E-state index is 13.1. The van der Waals surface area contributed by atoms with Crippen LogP contribution in [0.15, 0.2) is 54.7 Å². The van der Waals surface area contributed by atoms with E-state index in [-0.39, 0.29) is 11.9 Å². The van der Waals surface area contributed by atoms with Crippen molar-refractivity contribution in [2.75, 3.05) is 46.3 Å². The molecule has 39 heavy (non-hydrogen) atoms. The molecule has 3 aromatic rings. The minimum absolute atomic E-state index is 0.132. The highest BCUT2D eigenvalue weighted by Crippen LogP contribution is 2.35. The Morgan fingerprint density at radius 1 is 1.18 bits per heavy atom. The number of methoxy groups -OCH3 is 2. The van der Waals surface area contributed by atoms with Gasteiger partial charge in [0.15, 0.2) is 5.82 Å². The molecule has 1 fully saturated rings. The lowest BCUT2D eigenvalue weighted by Crippen LogP contribution is -2.43. The Kier molecular flexibility index (Phi) is 9.47. The van der Waals surface area contributed by atoms with Crippen LogP contribution in [0.25, 0.3) is 22.2 Å². The quantitative estimate of drug-likeness (QED) is 0.352. The molecule has 0 saturated heterocycles. The molecule has 0 radical (unpaired) electrons. The topological polar surface area (TPSA) is 112 Å². The lowest BCUT2D eigenvalue weighted by molar-refractivity contribution is 0.0891. The number of nitriles is 1. The van der Waals surface area contributed by atoms with E-state index >= 15 is 0 Å². The van der Waals surface area contributed by atoms with Gasteiger partial charge in [0.2, 0.25) is 0 Å². The molecular weight excluding hydrogens is 492 g/mol. The molecule has 0 bridgehead atoms. The van der Waals surface area contributed by atoms with Crippen molar-refractivity contribution in [3.05, 3.63) is 60.4 Å². The number of benzene rings is 2. The molecule has 0 aliphatic heterocycles. The van der Waals surface area contributed by atoms with E-state index in [4.69, 9.17) is 14.7 Å². The number of hydrogen-bond acceptors (Lipinski definition) is 8. The van der Waals surface area contributed by atoms with Gasteiger partial charge in [-0.25, -0.2) is 9.97 Å². The first-order valence-electron chi connectivity index (χ1n) is 13.2. The number of amides is 1. The predicted molar refractivity (Wildman–Crippen MR) is 153 cm³/mol. The Morgan fingerprint density at radius 2 is 1.95 bits per heavy atom. The number of nitrogens with one attached hydrogen (secondary N) is 2. The van der Waals surface area contributed by atoms with Gasteiger partial charge in [-0.15, -0.1) is 0 Å². The van der Waals surface area contributed by atoms with Gasteiger partial charge < -0.3 is 25.0 Å². The minimum atomic E-state index is -0.185. The zero-order valence-corrected chi connectivity index (χ0v) is 22.9. The molecule has 9 heteroatoms. The fourth-order valence-electron chi connectivity index (χ4n) is 4.99. The number of carbonyl (C=O) groups excluding carboxylic acids is 1. The first-order valence-corrected chi connectivity index (χ1v) is 13.2. The number of rotatable bonds is 11. The molecule has 0 atom stereocenters. The third kappa shape index (κ3) is 6.91. The number of carbonyl (C=O) groups is 1. The van der Waals surface area contributed by atoms with E-state index < -0.39 is 0 Å². The molecule has 1 saturated carbocycles. The van der Waals surface area contributed by atoms with Crippen LogP contribution in [0.2, 0.25) is 0 Å². The van der Waals surface area contributed by atoms with Crippen molar-refractivity contribution in [1.82, 2.24) is 20.2 Å². The molecule has 0 spiro atoms. The maximum atomic E-state index is 13.1. The van der Waals surface area contributed by atoms with Crippen molar-refractivity contribution in [1.29, 1.82) is 5.26 Å². The monoisotopic (exact) mass is 528 g/mol. The highest BCUT2D eigenvalue weighted by Gasteiger charge is 2.25. The van der Waals surface area contributed by atoms with E-state index in [1.165, 1.54) is 0 Å². The van der Waals surface area contributed by atoms with Gasteiger partial charge in [-0.3, -0.25) is 4.79 Å². The Hall–Kier alpha value is -4.00. The first-order chi connectivity index (χ1) is 18.9. The Bertz CT molecular complexity index is 1360. The molecule has 1 aliphatic carbocycles. The average molecular weight is 529 g/mol. The molecular formula is C30H36N6O3. The number of fused-ring (bicyclic) bond motifs is 1. The molecule has 1 heterocycles. The molecule has 1 aliphatic rings. The van der Waals surface area contributed by atoms with Crippen LogP contribution in [0.4, 0.5) is 5.69 Å². The zero-order chi connectivity index (χ0) is 27.8. The van der Waals surface area contributed by atoms with Crippen molar-refractivity contribution >= 4 is 22.4 Å². The summed E-state index contributed by atoms with van der Waals surface area (Å²) in [7, 11) is 5.46. The molecule has 1 amide bonds. The summed E-state index contributed by atoms with van der Waals surface area (Å²) in [6.45, 7) is 5.69. The van der Waals surface area contributed by atoms with Crippen molar-refractivity contribution in [3.63, 3.8) is 0 Å². The molecule has 204 valence electrons. The second kappa shape index (κ2) is 13.2. The van der Waals surface area contributed by atoms with E-state index in [2.05, 4.69) is 45.2 Å². The maximum Gasteiger partial charge on any atom is 0.270 e. The van der Waals surface area contributed by atoms with Crippen molar-refractivity contribution < 1.29 is 14.3 Å². The van der Waals surface area contributed by atoms with E-state index in [1.54, 1.807) is 26.5 Å². The summed E-state index contributed by atoms with van der Waals surface area (Å²) < 4.78 is 10.8. The number of likely N-dealkylation sites (N-methyl/N-ethyl adjacent to an activating group) is 1. The Morgan fingerprint density at radius 3 is 2.67 bits per heavy atom. The molecule has 0 unspecified atom stereocenters. The van der Waals surface area contributed by atoms with Crippen molar-refractivity contribution in [2.24, 2.45) is 0 Å². The number of anilines is 1. The smallest absolute Gasteiger partial charge is 0.270 e. The van der Waals surface area contributed by atoms with Crippen LogP contribution in [0.5, 0.6) is 5.75 Å². The summed E-state index contributed by atoms with van der Waals surface area (Å²) in [6.07, 6.45) is 5.57. The van der Waals surface area contributed by atoms with Crippen molar-refractivity contribution in [2.45, 2.75) is 37.8 Å². The lowest BCUT2D eigenvalue weighted by Gasteiger charge is -2.34. The van der Waals surface area contributed by atoms with Crippen LogP contribution < -0.4 is 15.4 Å². The summed E-state index contributed by atoms with van der Waals surface area (Å²) in [6, 6.07) is 14.1. The van der Waals surface area contributed by atoms with Gasteiger partial charge in [0, 0.05) is 55.0 Å². The summed E-state index contributed by atoms with van der Waals surface area (Å²) in [4.78, 5) is 24.5. The van der Waals surface area contributed by atoms with Crippen LogP contribution in [-0.4, -0.2) is 73.8 Å². The number of hydrogen-bond donors (Lipinski definition) is 2. The third-order valence-electron chi connectivity index (χ3n) is 7.29. The van der Waals surface area contributed by atoms with Crippen LogP contribution >= 0.6 is 0 Å². The van der Waals surface area contributed by atoms with Crippen molar-refractivity contribution in [3.8, 4) is 23.2 Å². The number of ether oxygens (including phenoxy) is 2. The third-order valence-corrected chi connectivity index (χ3v) is 7.29. The molecule has 4 rings (SSSR count). The van der Waals surface area contributed by atoms with Gasteiger partial charge in [-0.05, 0) is 56.3 Å².